The molecule has 0 N–H and O–H groups in total. The molecule has 3 aromatic rings. The number of hydrogen-bond donors (Lipinski definition) is 0. The lowest BCUT2D eigenvalue weighted by Gasteiger charge is -2.36. The summed E-state index contributed by atoms with van der Waals surface area (Å²) in [4.78, 5) is 16.9. The van der Waals surface area contributed by atoms with E-state index in [-0.39, 0.29) is 18.4 Å². The molecule has 0 amide bonds. The summed E-state index contributed by atoms with van der Waals surface area (Å²) >= 11 is 6.34. The molecule has 1 aromatic heterocycles. The smallest absolute Gasteiger partial charge is 0.340 e. The van der Waals surface area contributed by atoms with Crippen molar-refractivity contribution < 1.29 is 9.53 Å². The third-order valence-corrected chi connectivity index (χ3v) is 5.95. The van der Waals surface area contributed by atoms with E-state index in [4.69, 9.17) is 16.3 Å². The maximum atomic E-state index is 12.1. The Morgan fingerprint density at radius 3 is 2.43 bits per heavy atom. The first-order chi connectivity index (χ1) is 14.2. The lowest BCUT2D eigenvalue weighted by molar-refractivity contribution is 0.0602. The molecular formula is C23H27Cl2N3O2. The minimum atomic E-state index is -0.282. The zero-order chi connectivity index (χ0) is 20.2. The lowest BCUT2D eigenvalue weighted by atomic mass is 10.2. The third kappa shape index (κ3) is 4.75. The molecule has 0 spiro atoms. The summed E-state index contributed by atoms with van der Waals surface area (Å²) in [6, 6.07) is 16.1. The summed E-state index contributed by atoms with van der Waals surface area (Å²) in [5.74, 6) is -0.282. The van der Waals surface area contributed by atoms with Gasteiger partial charge in [0, 0.05) is 49.8 Å². The molecule has 30 heavy (non-hydrogen) atoms. The van der Waals surface area contributed by atoms with Gasteiger partial charge in [-0.2, -0.15) is 0 Å². The summed E-state index contributed by atoms with van der Waals surface area (Å²) < 4.78 is 7.11. The largest absolute Gasteiger partial charge is 0.465 e. The molecule has 1 saturated heterocycles. The number of halogens is 2. The minimum Gasteiger partial charge on any atom is -0.465 e. The molecule has 4 rings (SSSR count). The lowest BCUT2D eigenvalue weighted by Crippen LogP contribution is -2.46. The number of esters is 1. The maximum Gasteiger partial charge on any atom is 0.340 e. The van der Waals surface area contributed by atoms with Gasteiger partial charge in [0.1, 0.15) is 0 Å². The Balaban J connectivity index is 0.00000256. The molecule has 1 aliphatic heterocycles. The van der Waals surface area contributed by atoms with E-state index in [1.165, 1.54) is 7.11 Å². The Bertz CT molecular complexity index is 997. The van der Waals surface area contributed by atoms with E-state index >= 15 is 0 Å². The molecular weight excluding hydrogens is 421 g/mol. The van der Waals surface area contributed by atoms with Crippen molar-refractivity contribution >= 4 is 46.6 Å². The van der Waals surface area contributed by atoms with Gasteiger partial charge in [-0.15, -0.1) is 12.4 Å². The highest BCUT2D eigenvalue weighted by Crippen LogP contribution is 2.26. The Labute approximate surface area is 188 Å². The first kappa shape index (κ1) is 22.5. The number of rotatable bonds is 6. The van der Waals surface area contributed by atoms with Crippen LogP contribution in [0.15, 0.2) is 54.7 Å². The number of nitrogens with zero attached hydrogens (tertiary/aromatic N) is 3. The molecule has 0 saturated carbocycles. The van der Waals surface area contributed by atoms with Crippen molar-refractivity contribution in [1.82, 2.24) is 9.47 Å². The first-order valence-corrected chi connectivity index (χ1v) is 10.4. The molecule has 1 fully saturated rings. The molecule has 0 radical (unpaired) electrons. The van der Waals surface area contributed by atoms with E-state index in [2.05, 4.69) is 26.5 Å². The molecule has 7 heteroatoms. The number of aromatic nitrogens is 1. The van der Waals surface area contributed by atoms with Gasteiger partial charge in [0.25, 0.3) is 0 Å². The second kappa shape index (κ2) is 10.2. The normalized spacial score (nSPS) is 14.5. The quantitative estimate of drug-likeness (QED) is 0.512. The van der Waals surface area contributed by atoms with E-state index in [9.17, 15) is 4.79 Å². The predicted octanol–water partition coefficient (Wildman–Crippen LogP) is 4.72. The van der Waals surface area contributed by atoms with E-state index in [0.29, 0.717) is 5.56 Å². The van der Waals surface area contributed by atoms with Crippen molar-refractivity contribution in [2.75, 3.05) is 44.7 Å². The summed E-state index contributed by atoms with van der Waals surface area (Å²) in [5.41, 5.74) is 2.84. The third-order valence-electron chi connectivity index (χ3n) is 5.63. The van der Waals surface area contributed by atoms with Gasteiger partial charge in [-0.25, -0.2) is 4.79 Å². The first-order valence-electron chi connectivity index (χ1n) is 10.1. The fraction of sp³-hybridized carbons (Fsp3) is 0.348. The average molecular weight is 448 g/mol. The van der Waals surface area contributed by atoms with Crippen LogP contribution in [0.1, 0.15) is 16.8 Å². The van der Waals surface area contributed by atoms with E-state index in [1.807, 2.05) is 42.6 Å². The highest BCUT2D eigenvalue weighted by atomic mass is 35.5. The molecule has 2 heterocycles. The Kier molecular flexibility index (Phi) is 7.64. The van der Waals surface area contributed by atoms with Crippen LogP contribution >= 0.6 is 24.0 Å². The van der Waals surface area contributed by atoms with Gasteiger partial charge in [-0.05, 0) is 31.2 Å². The van der Waals surface area contributed by atoms with Crippen molar-refractivity contribution in [2.24, 2.45) is 0 Å². The highest BCUT2D eigenvalue weighted by Gasteiger charge is 2.19. The van der Waals surface area contributed by atoms with Gasteiger partial charge < -0.3 is 14.2 Å². The standard InChI is InChI=1S/C23H26ClN3O2.ClH/c1-29-23(28)19-17-27(21-9-4-2-7-18(19)21)12-6-11-25-13-15-26(16-14-25)22-10-5-3-8-20(22)24;/h2-5,7-10,17H,6,11-16H2,1H3;1H. The van der Waals surface area contributed by atoms with Gasteiger partial charge >= 0.3 is 5.97 Å². The molecule has 1 aliphatic rings. The topological polar surface area (TPSA) is 37.7 Å². The number of carbonyl (C=O) groups is 1. The monoisotopic (exact) mass is 447 g/mol. The zero-order valence-electron chi connectivity index (χ0n) is 17.1. The van der Waals surface area contributed by atoms with E-state index in [0.717, 1.165) is 67.3 Å². The maximum absolute atomic E-state index is 12.1. The summed E-state index contributed by atoms with van der Waals surface area (Å²) in [6.07, 6.45) is 2.96. The molecule has 0 atom stereocenters. The van der Waals surface area contributed by atoms with Crippen LogP contribution in [0.25, 0.3) is 10.9 Å². The van der Waals surface area contributed by atoms with Gasteiger partial charge in [0.2, 0.25) is 0 Å². The number of anilines is 1. The van der Waals surface area contributed by atoms with Crippen LogP contribution in [0.2, 0.25) is 5.02 Å². The Hall–Kier alpha value is -2.21. The van der Waals surface area contributed by atoms with E-state index < -0.39 is 0 Å². The van der Waals surface area contributed by atoms with Gasteiger partial charge in [0.15, 0.2) is 0 Å². The van der Waals surface area contributed by atoms with Crippen LogP contribution in [0.4, 0.5) is 5.69 Å². The van der Waals surface area contributed by atoms with Crippen molar-refractivity contribution in [3.63, 3.8) is 0 Å². The van der Waals surface area contributed by atoms with Crippen molar-refractivity contribution in [3.8, 4) is 0 Å². The number of hydrogen-bond acceptors (Lipinski definition) is 4. The number of piperazine rings is 1. The van der Waals surface area contributed by atoms with Gasteiger partial charge in [0.05, 0.1) is 23.4 Å². The number of aryl methyl sites for hydroxylation is 1. The summed E-state index contributed by atoms with van der Waals surface area (Å²) in [7, 11) is 1.43. The number of carbonyl (C=O) groups excluding carboxylic acids is 1. The van der Waals surface area contributed by atoms with Crippen LogP contribution in [0.5, 0.6) is 0 Å². The van der Waals surface area contributed by atoms with Crippen LogP contribution in [-0.4, -0.2) is 55.3 Å². The Morgan fingerprint density at radius 2 is 1.70 bits per heavy atom. The predicted molar refractivity (Wildman–Crippen MR) is 125 cm³/mol. The molecule has 0 aliphatic carbocycles. The van der Waals surface area contributed by atoms with Crippen LogP contribution < -0.4 is 4.90 Å². The van der Waals surface area contributed by atoms with Gasteiger partial charge in [-0.3, -0.25) is 4.90 Å². The molecule has 2 aromatic carbocycles. The fourth-order valence-corrected chi connectivity index (χ4v) is 4.34. The van der Waals surface area contributed by atoms with Crippen molar-refractivity contribution in [3.05, 3.63) is 65.3 Å². The summed E-state index contributed by atoms with van der Waals surface area (Å²) in [6.45, 7) is 5.96. The van der Waals surface area contributed by atoms with Crippen LogP contribution in [-0.2, 0) is 11.3 Å². The number of para-hydroxylation sites is 2. The molecule has 0 bridgehead atoms. The van der Waals surface area contributed by atoms with Crippen LogP contribution in [0, 0.1) is 0 Å². The van der Waals surface area contributed by atoms with Crippen molar-refractivity contribution in [2.45, 2.75) is 13.0 Å². The second-order valence-electron chi connectivity index (χ2n) is 7.38. The van der Waals surface area contributed by atoms with Gasteiger partial charge in [-0.1, -0.05) is 41.9 Å². The molecule has 0 unspecified atom stereocenters. The van der Waals surface area contributed by atoms with Crippen LogP contribution in [0.3, 0.4) is 0 Å². The van der Waals surface area contributed by atoms with Crippen molar-refractivity contribution in [1.29, 1.82) is 0 Å². The number of methoxy groups -OCH3 is 1. The average Bonchev–Trinajstić information content (AvgIpc) is 3.13. The number of benzene rings is 2. The molecule has 160 valence electrons. The van der Waals surface area contributed by atoms with E-state index in [1.54, 1.807) is 0 Å². The fourth-order valence-electron chi connectivity index (χ4n) is 4.09. The minimum absolute atomic E-state index is 0. The Morgan fingerprint density at radius 1 is 1.00 bits per heavy atom. The number of fused-ring (bicyclic) bond motifs is 1. The summed E-state index contributed by atoms with van der Waals surface area (Å²) in [5, 5.41) is 1.77. The second-order valence-corrected chi connectivity index (χ2v) is 7.79. The zero-order valence-corrected chi connectivity index (χ0v) is 18.7. The number of ether oxygens (including phenoxy) is 1. The highest BCUT2D eigenvalue weighted by molar-refractivity contribution is 6.33. The molecule has 5 nitrogen and oxygen atoms in total. The SMILES string of the molecule is COC(=O)c1cn(CCCN2CCN(c3ccccc3Cl)CC2)c2ccccc12.Cl.